The molecule has 1 aromatic rings. The quantitative estimate of drug-likeness (QED) is 0.768. The Morgan fingerprint density at radius 2 is 1.93 bits per heavy atom. The topological polar surface area (TPSA) is 41.6 Å². The Morgan fingerprint density at radius 1 is 1.22 bits per heavy atom. The van der Waals surface area contributed by atoms with Crippen LogP contribution in [0.2, 0.25) is 0 Å². The summed E-state index contributed by atoms with van der Waals surface area (Å²) in [4.78, 5) is 14.8. The van der Waals surface area contributed by atoms with Crippen LogP contribution in [-0.2, 0) is 4.74 Å². The smallest absolute Gasteiger partial charge is 0.407 e. The Morgan fingerprint density at radius 3 is 2.56 bits per heavy atom. The average molecular weight is 373 g/mol. The summed E-state index contributed by atoms with van der Waals surface area (Å²) in [6, 6.07) is 11.5. The standard InChI is InChI=1S/C23H36N2O2/c1-4-27-22(26)24-23(16-18(2)3)13-10-21(17-23)25-14-11-20(12-15-25)19-8-6-5-7-9-19/h5-9,18,20-21H,4,10-17H2,1-3H3,(H,24,26). The summed E-state index contributed by atoms with van der Waals surface area (Å²) in [7, 11) is 0. The first kappa shape index (κ1) is 20.2. The molecular weight excluding hydrogens is 336 g/mol. The van der Waals surface area contributed by atoms with Crippen LogP contribution < -0.4 is 5.32 Å². The zero-order valence-corrected chi connectivity index (χ0v) is 17.2. The maximum Gasteiger partial charge on any atom is 0.407 e. The van der Waals surface area contributed by atoms with Gasteiger partial charge in [0.05, 0.1) is 6.61 Å². The minimum Gasteiger partial charge on any atom is -0.450 e. The van der Waals surface area contributed by atoms with Crippen molar-refractivity contribution in [3.05, 3.63) is 35.9 Å². The first-order valence-corrected chi connectivity index (χ1v) is 10.8. The Kier molecular flexibility index (Phi) is 6.80. The predicted molar refractivity (Wildman–Crippen MR) is 110 cm³/mol. The molecule has 0 spiro atoms. The molecule has 0 aromatic heterocycles. The third-order valence-electron chi connectivity index (χ3n) is 6.34. The first-order valence-electron chi connectivity index (χ1n) is 10.8. The largest absolute Gasteiger partial charge is 0.450 e. The minimum absolute atomic E-state index is 0.0959. The second-order valence-electron chi connectivity index (χ2n) is 8.84. The van der Waals surface area contributed by atoms with Crippen LogP contribution in [0.25, 0.3) is 0 Å². The molecule has 2 unspecified atom stereocenters. The van der Waals surface area contributed by atoms with Gasteiger partial charge in [-0.05, 0) is 75.9 Å². The summed E-state index contributed by atoms with van der Waals surface area (Å²) in [6.45, 7) is 9.12. The van der Waals surface area contributed by atoms with Crippen LogP contribution in [0.15, 0.2) is 30.3 Å². The van der Waals surface area contributed by atoms with E-state index in [-0.39, 0.29) is 11.6 Å². The first-order chi connectivity index (χ1) is 13.0. The van der Waals surface area contributed by atoms with Crippen LogP contribution in [0.1, 0.15) is 70.8 Å². The lowest BCUT2D eigenvalue weighted by atomic mass is 9.86. The molecule has 1 saturated carbocycles. The number of carbonyl (C=O) groups is 1. The lowest BCUT2D eigenvalue weighted by Crippen LogP contribution is -2.49. The average Bonchev–Trinajstić information content (AvgIpc) is 3.05. The van der Waals surface area contributed by atoms with Crippen molar-refractivity contribution in [1.29, 1.82) is 0 Å². The molecule has 27 heavy (non-hydrogen) atoms. The second kappa shape index (κ2) is 9.09. The van der Waals surface area contributed by atoms with Gasteiger partial charge in [0, 0.05) is 11.6 Å². The van der Waals surface area contributed by atoms with Crippen molar-refractivity contribution in [2.45, 2.75) is 76.8 Å². The van der Waals surface area contributed by atoms with Crippen LogP contribution in [0.4, 0.5) is 4.79 Å². The summed E-state index contributed by atoms with van der Waals surface area (Å²) in [5.74, 6) is 1.26. The molecule has 2 atom stereocenters. The van der Waals surface area contributed by atoms with Crippen LogP contribution in [0, 0.1) is 5.92 Å². The van der Waals surface area contributed by atoms with E-state index < -0.39 is 0 Å². The lowest BCUT2D eigenvalue weighted by molar-refractivity contribution is 0.123. The fraction of sp³-hybridized carbons (Fsp3) is 0.696. The molecule has 1 aliphatic heterocycles. The van der Waals surface area contributed by atoms with Crippen molar-refractivity contribution in [3.8, 4) is 0 Å². The number of nitrogens with one attached hydrogen (secondary N) is 1. The fourth-order valence-electron chi connectivity index (χ4n) is 5.25. The van der Waals surface area contributed by atoms with Crippen LogP contribution >= 0.6 is 0 Å². The molecule has 2 aliphatic rings. The van der Waals surface area contributed by atoms with Gasteiger partial charge in [-0.2, -0.15) is 0 Å². The Bertz CT molecular complexity index is 596. The monoisotopic (exact) mass is 372 g/mol. The number of benzene rings is 1. The maximum absolute atomic E-state index is 12.1. The van der Waals surface area contributed by atoms with Crippen LogP contribution in [0.5, 0.6) is 0 Å². The van der Waals surface area contributed by atoms with Gasteiger partial charge in [0.1, 0.15) is 0 Å². The number of rotatable bonds is 6. The number of piperidine rings is 1. The lowest BCUT2D eigenvalue weighted by Gasteiger charge is -2.38. The SMILES string of the molecule is CCOC(=O)NC1(CC(C)C)CCC(N2CCC(c3ccccc3)CC2)C1. The zero-order chi connectivity index (χ0) is 19.3. The van der Waals surface area contributed by atoms with E-state index in [1.807, 2.05) is 6.92 Å². The van der Waals surface area contributed by atoms with Crippen molar-refractivity contribution < 1.29 is 9.53 Å². The summed E-state index contributed by atoms with van der Waals surface area (Å²) in [6.07, 6.45) is 6.55. The third-order valence-corrected chi connectivity index (χ3v) is 6.34. The summed E-state index contributed by atoms with van der Waals surface area (Å²) < 4.78 is 5.19. The number of hydrogen-bond donors (Lipinski definition) is 1. The van der Waals surface area contributed by atoms with Gasteiger partial charge in [-0.15, -0.1) is 0 Å². The highest BCUT2D eigenvalue weighted by atomic mass is 16.5. The van der Waals surface area contributed by atoms with Crippen molar-refractivity contribution in [3.63, 3.8) is 0 Å². The highest BCUT2D eigenvalue weighted by Gasteiger charge is 2.43. The van der Waals surface area contributed by atoms with E-state index in [2.05, 4.69) is 54.4 Å². The van der Waals surface area contributed by atoms with E-state index in [0.717, 1.165) is 19.3 Å². The molecule has 4 nitrogen and oxygen atoms in total. The normalized spacial score (nSPS) is 27.0. The summed E-state index contributed by atoms with van der Waals surface area (Å²) >= 11 is 0. The van der Waals surface area contributed by atoms with Gasteiger partial charge in [0.15, 0.2) is 0 Å². The molecule has 1 N–H and O–H groups in total. The van der Waals surface area contributed by atoms with E-state index in [9.17, 15) is 4.79 Å². The van der Waals surface area contributed by atoms with Crippen molar-refractivity contribution in [2.24, 2.45) is 5.92 Å². The van der Waals surface area contributed by atoms with E-state index in [0.29, 0.717) is 24.5 Å². The van der Waals surface area contributed by atoms with Crippen LogP contribution in [0.3, 0.4) is 0 Å². The molecule has 1 heterocycles. The summed E-state index contributed by atoms with van der Waals surface area (Å²) in [5.41, 5.74) is 1.39. The number of likely N-dealkylation sites (tertiary alicyclic amines) is 1. The summed E-state index contributed by atoms with van der Waals surface area (Å²) in [5, 5.41) is 3.24. The zero-order valence-electron chi connectivity index (χ0n) is 17.2. The van der Waals surface area contributed by atoms with Gasteiger partial charge in [0.25, 0.3) is 0 Å². The highest BCUT2D eigenvalue weighted by molar-refractivity contribution is 5.68. The number of carbonyl (C=O) groups excluding carboxylic acids is 1. The van der Waals surface area contributed by atoms with E-state index in [4.69, 9.17) is 4.74 Å². The number of hydrogen-bond acceptors (Lipinski definition) is 3. The molecule has 1 aliphatic carbocycles. The molecule has 2 fully saturated rings. The van der Waals surface area contributed by atoms with E-state index in [1.165, 1.54) is 37.9 Å². The van der Waals surface area contributed by atoms with Crippen molar-refractivity contribution in [2.75, 3.05) is 19.7 Å². The molecule has 1 amide bonds. The molecule has 3 rings (SSSR count). The number of ether oxygens (including phenoxy) is 1. The van der Waals surface area contributed by atoms with E-state index >= 15 is 0 Å². The van der Waals surface area contributed by atoms with Gasteiger partial charge < -0.3 is 15.0 Å². The van der Waals surface area contributed by atoms with Gasteiger partial charge in [-0.1, -0.05) is 44.2 Å². The molecule has 4 heteroatoms. The Labute approximate surface area is 164 Å². The van der Waals surface area contributed by atoms with Crippen molar-refractivity contribution in [1.82, 2.24) is 10.2 Å². The Hall–Kier alpha value is -1.55. The Balaban J connectivity index is 1.58. The van der Waals surface area contributed by atoms with Gasteiger partial charge in [-0.3, -0.25) is 0 Å². The maximum atomic E-state index is 12.1. The molecule has 0 bridgehead atoms. The number of alkyl carbamates (subject to hydrolysis) is 1. The molecule has 1 aromatic carbocycles. The fourth-order valence-corrected chi connectivity index (χ4v) is 5.25. The molecule has 0 radical (unpaired) electrons. The van der Waals surface area contributed by atoms with Crippen molar-refractivity contribution >= 4 is 6.09 Å². The van der Waals surface area contributed by atoms with E-state index in [1.54, 1.807) is 0 Å². The number of nitrogens with zero attached hydrogens (tertiary/aromatic N) is 1. The number of amides is 1. The molecule has 1 saturated heterocycles. The van der Waals surface area contributed by atoms with Gasteiger partial charge in [-0.25, -0.2) is 4.79 Å². The van der Waals surface area contributed by atoms with Gasteiger partial charge >= 0.3 is 6.09 Å². The molecule has 150 valence electrons. The second-order valence-corrected chi connectivity index (χ2v) is 8.84. The van der Waals surface area contributed by atoms with Crippen LogP contribution in [-0.4, -0.2) is 42.3 Å². The molecular formula is C23H36N2O2. The minimum atomic E-state index is -0.249. The highest BCUT2D eigenvalue weighted by Crippen LogP contribution is 2.40. The predicted octanol–water partition coefficient (Wildman–Crippen LogP) is 4.95. The van der Waals surface area contributed by atoms with Gasteiger partial charge in [0.2, 0.25) is 0 Å². The third kappa shape index (κ3) is 5.25.